The molecule has 4 aromatic rings. The molecule has 0 radical (unpaired) electrons. The first-order chi connectivity index (χ1) is 13.5. The molecule has 0 saturated heterocycles. The highest BCUT2D eigenvalue weighted by Gasteiger charge is 2.14. The molecule has 0 unspecified atom stereocenters. The highest BCUT2D eigenvalue weighted by Crippen LogP contribution is 2.27. The Morgan fingerprint density at radius 1 is 1.07 bits per heavy atom. The van der Waals surface area contributed by atoms with Gasteiger partial charge < -0.3 is 4.57 Å². The number of fused-ring (bicyclic) bond motifs is 1. The fraction of sp³-hybridized carbons (Fsp3) is 0.158. The molecule has 4 rings (SSSR count). The lowest BCUT2D eigenvalue weighted by Gasteiger charge is -2.08. The zero-order valence-electron chi connectivity index (χ0n) is 14.8. The van der Waals surface area contributed by atoms with Crippen molar-refractivity contribution < 1.29 is 0 Å². The van der Waals surface area contributed by atoms with Crippen molar-refractivity contribution in [2.45, 2.75) is 24.4 Å². The molecule has 0 aliphatic rings. The van der Waals surface area contributed by atoms with E-state index in [1.165, 1.54) is 22.2 Å². The van der Waals surface area contributed by atoms with E-state index < -0.39 is 0 Å². The number of pyridine rings is 1. The van der Waals surface area contributed by atoms with E-state index >= 15 is 0 Å². The van der Waals surface area contributed by atoms with Crippen LogP contribution in [0.3, 0.4) is 0 Å². The number of aromatic nitrogens is 5. The molecule has 0 saturated carbocycles. The molecule has 3 aromatic heterocycles. The Hall–Kier alpha value is -2.35. The number of hydrogen-bond donors (Lipinski definition) is 0. The summed E-state index contributed by atoms with van der Waals surface area (Å²) < 4.78 is 3.45. The van der Waals surface area contributed by atoms with Crippen LogP contribution >= 0.6 is 35.0 Å². The molecule has 0 N–H and O–H groups in total. The second-order valence-electron chi connectivity index (χ2n) is 6.01. The molecule has 0 aliphatic heterocycles. The molecule has 3 heterocycles. The van der Waals surface area contributed by atoms with Crippen LogP contribution in [0.5, 0.6) is 0 Å². The third-order valence-corrected chi connectivity index (χ3v) is 5.60. The van der Waals surface area contributed by atoms with Crippen molar-refractivity contribution in [1.29, 1.82) is 0 Å². The number of hydrogen-bond acceptors (Lipinski definition) is 5. The SMILES string of the molecule is CCn1c(SCc2cc(=O)n3cc(Cl)ccc3n2)nnc1-c1cccc(Cl)c1. The molecule has 142 valence electrons. The van der Waals surface area contributed by atoms with Crippen LogP contribution < -0.4 is 5.56 Å². The molecule has 9 heteroatoms. The van der Waals surface area contributed by atoms with Gasteiger partial charge in [0.2, 0.25) is 0 Å². The van der Waals surface area contributed by atoms with Gasteiger partial charge in [0, 0.05) is 35.1 Å². The van der Waals surface area contributed by atoms with Crippen LogP contribution in [0.25, 0.3) is 17.0 Å². The lowest BCUT2D eigenvalue weighted by molar-refractivity contribution is 0.687. The maximum absolute atomic E-state index is 12.3. The predicted molar refractivity (Wildman–Crippen MR) is 112 cm³/mol. The number of thioether (sulfide) groups is 1. The number of nitrogens with zero attached hydrogens (tertiary/aromatic N) is 5. The van der Waals surface area contributed by atoms with Gasteiger partial charge in [0.15, 0.2) is 11.0 Å². The minimum absolute atomic E-state index is 0.167. The third kappa shape index (κ3) is 3.78. The molecule has 1 aromatic carbocycles. The van der Waals surface area contributed by atoms with E-state index in [1.54, 1.807) is 18.3 Å². The van der Waals surface area contributed by atoms with Crippen molar-refractivity contribution in [3.05, 3.63) is 74.8 Å². The van der Waals surface area contributed by atoms with Crippen LogP contribution in [-0.4, -0.2) is 24.1 Å². The molecular weight excluding hydrogens is 417 g/mol. The summed E-state index contributed by atoms with van der Waals surface area (Å²) in [7, 11) is 0. The van der Waals surface area contributed by atoms with Gasteiger partial charge in [-0.3, -0.25) is 9.20 Å². The van der Waals surface area contributed by atoms with E-state index in [2.05, 4.69) is 15.2 Å². The number of rotatable bonds is 5. The summed E-state index contributed by atoms with van der Waals surface area (Å²) in [6.45, 7) is 2.75. The van der Waals surface area contributed by atoms with Gasteiger partial charge in [-0.2, -0.15) is 0 Å². The Labute approximate surface area is 175 Å². The highest BCUT2D eigenvalue weighted by molar-refractivity contribution is 7.98. The Kier molecular flexibility index (Phi) is 5.39. The normalized spacial score (nSPS) is 11.2. The van der Waals surface area contributed by atoms with Crippen molar-refractivity contribution in [2.75, 3.05) is 0 Å². The average Bonchev–Trinajstić information content (AvgIpc) is 3.10. The Morgan fingerprint density at radius 2 is 1.93 bits per heavy atom. The minimum Gasteiger partial charge on any atom is -0.302 e. The molecule has 0 atom stereocenters. The van der Waals surface area contributed by atoms with Crippen molar-refractivity contribution in [2.24, 2.45) is 0 Å². The van der Waals surface area contributed by atoms with Crippen LogP contribution in [0.2, 0.25) is 10.0 Å². The minimum atomic E-state index is -0.167. The van der Waals surface area contributed by atoms with Gasteiger partial charge in [-0.05, 0) is 31.2 Å². The first kappa shape index (κ1) is 19.0. The molecule has 6 nitrogen and oxygen atoms in total. The standard InChI is InChI=1S/C19H15Cl2N5OS/c1-2-25-18(12-4-3-5-13(20)8-12)23-24-19(25)28-11-15-9-17(27)26-10-14(21)6-7-16(26)22-15/h3-10H,2,11H2,1H3. The monoisotopic (exact) mass is 431 g/mol. The van der Waals surface area contributed by atoms with Crippen molar-refractivity contribution >= 4 is 40.6 Å². The summed E-state index contributed by atoms with van der Waals surface area (Å²) in [5.41, 5.74) is 1.98. The quantitative estimate of drug-likeness (QED) is 0.432. The first-order valence-corrected chi connectivity index (χ1v) is 10.3. The summed E-state index contributed by atoms with van der Waals surface area (Å²) in [6.07, 6.45) is 1.56. The maximum atomic E-state index is 12.3. The van der Waals surface area contributed by atoms with E-state index in [0.717, 1.165) is 16.5 Å². The molecule has 0 fully saturated rings. The maximum Gasteiger partial charge on any atom is 0.258 e. The van der Waals surface area contributed by atoms with E-state index in [9.17, 15) is 4.79 Å². The van der Waals surface area contributed by atoms with Crippen molar-refractivity contribution in [1.82, 2.24) is 24.1 Å². The van der Waals surface area contributed by atoms with Crippen LogP contribution in [0.15, 0.2) is 58.6 Å². The van der Waals surface area contributed by atoms with Gasteiger partial charge in [-0.15, -0.1) is 10.2 Å². The first-order valence-electron chi connectivity index (χ1n) is 8.55. The van der Waals surface area contributed by atoms with Gasteiger partial charge in [-0.1, -0.05) is 47.1 Å². The zero-order valence-corrected chi connectivity index (χ0v) is 17.2. The van der Waals surface area contributed by atoms with Gasteiger partial charge in [0.25, 0.3) is 5.56 Å². The zero-order chi connectivity index (χ0) is 19.7. The van der Waals surface area contributed by atoms with Gasteiger partial charge in [-0.25, -0.2) is 4.98 Å². The Morgan fingerprint density at radius 3 is 2.71 bits per heavy atom. The largest absolute Gasteiger partial charge is 0.302 e. The Balaban J connectivity index is 1.61. The van der Waals surface area contributed by atoms with Crippen LogP contribution in [0, 0.1) is 0 Å². The van der Waals surface area contributed by atoms with E-state index in [4.69, 9.17) is 23.2 Å². The van der Waals surface area contributed by atoms with Gasteiger partial charge >= 0.3 is 0 Å². The molecular formula is C19H15Cl2N5OS. The molecule has 0 amide bonds. The van der Waals surface area contributed by atoms with E-state index in [0.29, 0.717) is 33.7 Å². The second-order valence-corrected chi connectivity index (χ2v) is 7.83. The molecule has 0 aliphatic carbocycles. The Bertz CT molecular complexity index is 1220. The third-order valence-electron chi connectivity index (χ3n) is 4.14. The fourth-order valence-electron chi connectivity index (χ4n) is 2.86. The summed E-state index contributed by atoms with van der Waals surface area (Å²) >= 11 is 13.5. The summed E-state index contributed by atoms with van der Waals surface area (Å²) in [5, 5.41) is 10.5. The second kappa shape index (κ2) is 7.95. The van der Waals surface area contributed by atoms with Crippen LogP contribution in [0.1, 0.15) is 12.6 Å². The molecule has 0 bridgehead atoms. The van der Waals surface area contributed by atoms with E-state index in [1.807, 2.05) is 35.8 Å². The fourth-order valence-corrected chi connectivity index (χ4v) is 4.11. The summed E-state index contributed by atoms with van der Waals surface area (Å²) in [4.78, 5) is 16.8. The number of halogens is 2. The number of benzene rings is 1. The van der Waals surface area contributed by atoms with Gasteiger partial charge in [0.05, 0.1) is 10.7 Å². The topological polar surface area (TPSA) is 65.1 Å². The van der Waals surface area contributed by atoms with Crippen LogP contribution in [-0.2, 0) is 12.3 Å². The predicted octanol–water partition coefficient (Wildman–Crippen LogP) is 4.57. The van der Waals surface area contributed by atoms with E-state index in [-0.39, 0.29) is 5.56 Å². The smallest absolute Gasteiger partial charge is 0.258 e. The average molecular weight is 432 g/mol. The van der Waals surface area contributed by atoms with Crippen LogP contribution in [0.4, 0.5) is 0 Å². The molecule has 0 spiro atoms. The summed E-state index contributed by atoms with van der Waals surface area (Å²) in [6, 6.07) is 12.5. The van der Waals surface area contributed by atoms with Gasteiger partial charge in [0.1, 0.15) is 5.65 Å². The summed E-state index contributed by atoms with van der Waals surface area (Å²) in [5.74, 6) is 1.26. The lowest BCUT2D eigenvalue weighted by Crippen LogP contribution is -2.15. The van der Waals surface area contributed by atoms with Crippen molar-refractivity contribution in [3.63, 3.8) is 0 Å². The lowest BCUT2D eigenvalue weighted by atomic mass is 10.2. The highest BCUT2D eigenvalue weighted by atomic mass is 35.5. The van der Waals surface area contributed by atoms with Crippen molar-refractivity contribution in [3.8, 4) is 11.4 Å². The molecule has 28 heavy (non-hydrogen) atoms.